The van der Waals surface area contributed by atoms with E-state index in [-0.39, 0.29) is 0 Å². The fraction of sp³-hybridized carbons (Fsp3) is 0.667. The summed E-state index contributed by atoms with van der Waals surface area (Å²) in [4.78, 5) is 20.9. The number of alkyl halides is 3. The van der Waals surface area contributed by atoms with Crippen LogP contribution < -0.4 is 5.32 Å². The van der Waals surface area contributed by atoms with Gasteiger partial charge in [0, 0.05) is 6.42 Å². The molecule has 7 heteroatoms. The van der Waals surface area contributed by atoms with Crippen molar-refractivity contribution in [2.45, 2.75) is 18.6 Å². The van der Waals surface area contributed by atoms with Crippen LogP contribution >= 0.6 is 0 Å². The first-order valence-electron chi connectivity index (χ1n) is 3.41. The number of carboxylic acid groups (broad SMARTS) is 1. The zero-order chi connectivity index (χ0) is 10.2. The van der Waals surface area contributed by atoms with E-state index in [0.717, 1.165) is 0 Å². The molecule has 0 bridgehead atoms. The van der Waals surface area contributed by atoms with Crippen LogP contribution in [0.5, 0.6) is 0 Å². The van der Waals surface area contributed by atoms with Gasteiger partial charge in [-0.1, -0.05) is 0 Å². The highest BCUT2D eigenvalue weighted by atomic mass is 19.4. The van der Waals surface area contributed by atoms with Crippen molar-refractivity contribution in [3.8, 4) is 0 Å². The third-order valence-corrected chi connectivity index (χ3v) is 1.79. The van der Waals surface area contributed by atoms with E-state index >= 15 is 0 Å². The Morgan fingerprint density at radius 1 is 1.54 bits per heavy atom. The molecule has 2 atom stereocenters. The molecule has 0 saturated carbocycles. The number of rotatable bonds is 1. The van der Waals surface area contributed by atoms with Gasteiger partial charge in [-0.2, -0.15) is 13.2 Å². The molecular formula is C6H6F3NO3. The van der Waals surface area contributed by atoms with Gasteiger partial charge in [0.2, 0.25) is 5.91 Å². The van der Waals surface area contributed by atoms with Gasteiger partial charge in [0.15, 0.2) is 0 Å². The van der Waals surface area contributed by atoms with E-state index in [1.54, 1.807) is 5.32 Å². The van der Waals surface area contributed by atoms with E-state index in [0.29, 0.717) is 0 Å². The van der Waals surface area contributed by atoms with Crippen molar-refractivity contribution in [2.24, 2.45) is 5.92 Å². The second-order valence-corrected chi connectivity index (χ2v) is 2.74. The Kier molecular flexibility index (Phi) is 2.19. The van der Waals surface area contributed by atoms with Crippen molar-refractivity contribution in [2.75, 3.05) is 0 Å². The predicted molar refractivity (Wildman–Crippen MR) is 33.7 cm³/mol. The highest BCUT2D eigenvalue weighted by molar-refractivity contribution is 5.87. The molecule has 13 heavy (non-hydrogen) atoms. The first kappa shape index (κ1) is 9.82. The van der Waals surface area contributed by atoms with Gasteiger partial charge in [0.1, 0.15) is 6.04 Å². The maximum atomic E-state index is 12.1. The molecule has 1 heterocycles. The lowest BCUT2D eigenvalue weighted by Gasteiger charge is -2.18. The monoisotopic (exact) mass is 197 g/mol. The van der Waals surface area contributed by atoms with Gasteiger partial charge in [0.05, 0.1) is 5.92 Å². The number of aliphatic carboxylic acids is 1. The smallest absolute Gasteiger partial charge is 0.409 e. The first-order valence-corrected chi connectivity index (χ1v) is 3.41. The average molecular weight is 197 g/mol. The zero-order valence-electron chi connectivity index (χ0n) is 6.26. The highest BCUT2D eigenvalue weighted by Gasteiger charge is 2.52. The largest absolute Gasteiger partial charge is 0.481 e. The second kappa shape index (κ2) is 2.90. The number of amides is 1. The molecule has 0 aromatic rings. The van der Waals surface area contributed by atoms with Crippen molar-refractivity contribution in [3.05, 3.63) is 0 Å². The number of nitrogens with one attached hydrogen (secondary N) is 1. The first-order chi connectivity index (χ1) is 5.82. The number of hydrogen-bond donors (Lipinski definition) is 2. The number of carbonyl (C=O) groups excluding carboxylic acids is 1. The minimum absolute atomic E-state index is 0.612. The van der Waals surface area contributed by atoms with Crippen LogP contribution in [0.2, 0.25) is 0 Å². The third-order valence-electron chi connectivity index (χ3n) is 1.79. The Morgan fingerprint density at radius 3 is 2.38 bits per heavy atom. The lowest BCUT2D eigenvalue weighted by molar-refractivity contribution is -0.173. The van der Waals surface area contributed by atoms with Gasteiger partial charge in [-0.3, -0.25) is 9.59 Å². The Balaban J connectivity index is 2.84. The van der Waals surface area contributed by atoms with Crippen LogP contribution in [0, 0.1) is 5.92 Å². The van der Waals surface area contributed by atoms with E-state index in [9.17, 15) is 22.8 Å². The molecule has 1 fully saturated rings. The molecule has 2 unspecified atom stereocenters. The standard InChI is InChI=1S/C6H6F3NO3/c7-6(8,9)4-2(5(12)13)1-3(11)10-4/h2,4H,1H2,(H,10,11)(H,12,13). The molecule has 74 valence electrons. The molecule has 0 aromatic heterocycles. The molecule has 2 N–H and O–H groups in total. The predicted octanol–water partition coefficient (Wildman–Crippen LogP) is 0.138. The molecule has 1 aliphatic heterocycles. The van der Waals surface area contributed by atoms with E-state index in [1.165, 1.54) is 0 Å². The molecular weight excluding hydrogens is 191 g/mol. The van der Waals surface area contributed by atoms with Crippen LogP contribution in [0.25, 0.3) is 0 Å². The van der Waals surface area contributed by atoms with Crippen molar-refractivity contribution in [1.82, 2.24) is 5.32 Å². The maximum absolute atomic E-state index is 12.1. The molecule has 0 aromatic carbocycles. The van der Waals surface area contributed by atoms with E-state index < -0.39 is 36.4 Å². The van der Waals surface area contributed by atoms with E-state index in [2.05, 4.69) is 0 Å². The summed E-state index contributed by atoms with van der Waals surface area (Å²) in [5.74, 6) is -4.19. The minimum Gasteiger partial charge on any atom is -0.481 e. The summed E-state index contributed by atoms with van der Waals surface area (Å²) in [6.45, 7) is 0. The summed E-state index contributed by atoms with van der Waals surface area (Å²) in [6, 6.07) is -2.25. The molecule has 1 amide bonds. The van der Waals surface area contributed by atoms with Gasteiger partial charge >= 0.3 is 12.1 Å². The van der Waals surface area contributed by atoms with Crippen LogP contribution in [-0.4, -0.2) is 29.2 Å². The Morgan fingerprint density at radius 2 is 2.08 bits per heavy atom. The molecule has 1 rings (SSSR count). The van der Waals surface area contributed by atoms with Crippen LogP contribution in [-0.2, 0) is 9.59 Å². The van der Waals surface area contributed by atoms with Crippen LogP contribution in [0.4, 0.5) is 13.2 Å². The molecule has 1 aliphatic rings. The van der Waals surface area contributed by atoms with Crippen LogP contribution in [0.3, 0.4) is 0 Å². The molecule has 0 radical (unpaired) electrons. The van der Waals surface area contributed by atoms with E-state index in [1.807, 2.05) is 0 Å². The Labute approximate surface area is 70.7 Å². The third kappa shape index (κ3) is 1.90. The van der Waals surface area contributed by atoms with Crippen molar-refractivity contribution >= 4 is 11.9 Å². The van der Waals surface area contributed by atoms with Crippen molar-refractivity contribution in [3.63, 3.8) is 0 Å². The van der Waals surface area contributed by atoms with Crippen LogP contribution in [0.15, 0.2) is 0 Å². The summed E-state index contributed by atoms with van der Waals surface area (Å²) in [7, 11) is 0. The summed E-state index contributed by atoms with van der Waals surface area (Å²) >= 11 is 0. The summed E-state index contributed by atoms with van der Waals surface area (Å²) in [5.41, 5.74) is 0. The molecule has 0 aliphatic carbocycles. The number of hydrogen-bond acceptors (Lipinski definition) is 2. The number of halogens is 3. The topological polar surface area (TPSA) is 66.4 Å². The molecule has 1 saturated heterocycles. The number of carboxylic acids is 1. The Hall–Kier alpha value is -1.27. The van der Waals surface area contributed by atoms with Gasteiger partial charge in [-0.25, -0.2) is 0 Å². The van der Waals surface area contributed by atoms with Gasteiger partial charge in [-0.05, 0) is 0 Å². The Bertz CT molecular complexity index is 250. The SMILES string of the molecule is O=C1CC(C(=O)O)C(C(F)(F)F)N1. The lowest BCUT2D eigenvalue weighted by Crippen LogP contribution is -2.44. The molecule has 0 spiro atoms. The maximum Gasteiger partial charge on any atom is 0.409 e. The van der Waals surface area contributed by atoms with Crippen LogP contribution in [0.1, 0.15) is 6.42 Å². The highest BCUT2D eigenvalue weighted by Crippen LogP contribution is 2.31. The van der Waals surface area contributed by atoms with E-state index in [4.69, 9.17) is 5.11 Å². The van der Waals surface area contributed by atoms with Gasteiger partial charge < -0.3 is 10.4 Å². The second-order valence-electron chi connectivity index (χ2n) is 2.74. The quantitative estimate of drug-likeness (QED) is 0.628. The summed E-state index contributed by atoms with van der Waals surface area (Å²) in [5, 5.41) is 9.95. The zero-order valence-corrected chi connectivity index (χ0v) is 6.26. The van der Waals surface area contributed by atoms with Crippen molar-refractivity contribution < 1.29 is 27.9 Å². The van der Waals surface area contributed by atoms with Gasteiger partial charge in [0.25, 0.3) is 0 Å². The summed E-state index contributed by atoms with van der Waals surface area (Å²) in [6.07, 6.45) is -5.31. The summed E-state index contributed by atoms with van der Waals surface area (Å²) < 4.78 is 36.2. The normalized spacial score (nSPS) is 28.7. The average Bonchev–Trinajstić information content (AvgIpc) is 2.29. The fourth-order valence-corrected chi connectivity index (χ4v) is 1.19. The fourth-order valence-electron chi connectivity index (χ4n) is 1.19. The minimum atomic E-state index is -4.70. The van der Waals surface area contributed by atoms with Crippen molar-refractivity contribution in [1.29, 1.82) is 0 Å². The number of carbonyl (C=O) groups is 2. The van der Waals surface area contributed by atoms with Gasteiger partial charge in [-0.15, -0.1) is 0 Å². The lowest BCUT2D eigenvalue weighted by atomic mass is 10.0. The molecule has 4 nitrogen and oxygen atoms in total.